The van der Waals surface area contributed by atoms with E-state index in [1.54, 1.807) is 18.6 Å². The molecule has 2 amide bonds. The van der Waals surface area contributed by atoms with Crippen molar-refractivity contribution in [1.82, 2.24) is 20.2 Å². The molecule has 27 heavy (non-hydrogen) atoms. The van der Waals surface area contributed by atoms with Crippen LogP contribution in [0.25, 0.3) is 0 Å². The Morgan fingerprint density at radius 2 is 1.81 bits per heavy atom. The number of carbonyl (C=O) groups is 2. The Morgan fingerprint density at radius 1 is 1.11 bits per heavy atom. The standard InChI is InChI=1S/C20H25N5O2/c1-15-3-5-17(6-4-15)18(23-16(2)26)13-20(27)25-11-9-24(10-12-25)19-14-21-7-8-22-19/h3-8,14,18H,9-13H2,1-2H3,(H,23,26). The number of nitrogens with zero attached hydrogens (tertiary/aromatic N) is 4. The van der Waals surface area contributed by atoms with Crippen molar-refractivity contribution in [3.63, 3.8) is 0 Å². The lowest BCUT2D eigenvalue weighted by molar-refractivity contribution is -0.132. The van der Waals surface area contributed by atoms with Gasteiger partial charge in [-0.25, -0.2) is 4.98 Å². The molecule has 1 saturated heterocycles. The molecule has 1 aromatic carbocycles. The lowest BCUT2D eigenvalue weighted by atomic mass is 10.0. The fourth-order valence-corrected chi connectivity index (χ4v) is 3.24. The van der Waals surface area contributed by atoms with Crippen molar-refractivity contribution in [2.75, 3.05) is 31.1 Å². The predicted molar refractivity (Wildman–Crippen MR) is 103 cm³/mol. The summed E-state index contributed by atoms with van der Waals surface area (Å²) in [6.45, 7) is 6.20. The van der Waals surface area contributed by atoms with E-state index in [0.717, 1.165) is 30.0 Å². The van der Waals surface area contributed by atoms with E-state index in [-0.39, 0.29) is 24.3 Å². The Morgan fingerprint density at radius 3 is 2.41 bits per heavy atom. The second-order valence-electron chi connectivity index (χ2n) is 6.80. The van der Waals surface area contributed by atoms with Crippen LogP contribution in [0.15, 0.2) is 42.9 Å². The van der Waals surface area contributed by atoms with Crippen molar-refractivity contribution < 1.29 is 9.59 Å². The predicted octanol–water partition coefficient (Wildman–Crippen LogP) is 1.70. The third-order valence-electron chi connectivity index (χ3n) is 4.74. The van der Waals surface area contributed by atoms with Gasteiger partial charge < -0.3 is 15.1 Å². The van der Waals surface area contributed by atoms with Gasteiger partial charge in [-0.2, -0.15) is 0 Å². The molecule has 7 nitrogen and oxygen atoms in total. The summed E-state index contributed by atoms with van der Waals surface area (Å²) in [5.41, 5.74) is 2.09. The first-order chi connectivity index (χ1) is 13.0. The first kappa shape index (κ1) is 18.8. The van der Waals surface area contributed by atoms with E-state index < -0.39 is 0 Å². The van der Waals surface area contributed by atoms with Crippen LogP contribution in [0.5, 0.6) is 0 Å². The third-order valence-corrected chi connectivity index (χ3v) is 4.74. The number of hydrogen-bond acceptors (Lipinski definition) is 5. The number of rotatable bonds is 5. The summed E-state index contributed by atoms with van der Waals surface area (Å²) in [5, 5.41) is 2.91. The van der Waals surface area contributed by atoms with Gasteiger partial charge in [0, 0.05) is 45.5 Å². The Kier molecular flexibility index (Phi) is 6.01. The van der Waals surface area contributed by atoms with E-state index >= 15 is 0 Å². The van der Waals surface area contributed by atoms with E-state index in [1.165, 1.54) is 6.92 Å². The van der Waals surface area contributed by atoms with E-state index in [9.17, 15) is 9.59 Å². The average molecular weight is 367 g/mol. The minimum Gasteiger partial charge on any atom is -0.352 e. The van der Waals surface area contributed by atoms with Gasteiger partial charge in [0.25, 0.3) is 0 Å². The Labute approximate surface area is 159 Å². The first-order valence-electron chi connectivity index (χ1n) is 9.15. The van der Waals surface area contributed by atoms with E-state index in [1.807, 2.05) is 36.1 Å². The lowest BCUT2D eigenvalue weighted by Gasteiger charge is -2.36. The highest BCUT2D eigenvalue weighted by Crippen LogP contribution is 2.20. The van der Waals surface area contributed by atoms with E-state index in [2.05, 4.69) is 20.2 Å². The molecule has 1 atom stereocenters. The van der Waals surface area contributed by atoms with Crippen LogP contribution in [0.1, 0.15) is 30.5 Å². The minimum atomic E-state index is -0.311. The SMILES string of the molecule is CC(=O)NC(CC(=O)N1CCN(c2cnccn2)CC1)c1ccc(C)cc1. The lowest BCUT2D eigenvalue weighted by Crippen LogP contribution is -2.49. The Balaban J connectivity index is 1.61. The van der Waals surface area contributed by atoms with Crippen molar-refractivity contribution in [3.8, 4) is 0 Å². The zero-order valence-electron chi connectivity index (χ0n) is 15.8. The van der Waals surface area contributed by atoms with Crippen LogP contribution in [0.2, 0.25) is 0 Å². The molecule has 142 valence electrons. The van der Waals surface area contributed by atoms with Crippen LogP contribution in [0.3, 0.4) is 0 Å². The molecule has 1 N–H and O–H groups in total. The maximum Gasteiger partial charge on any atom is 0.225 e. The Bertz CT molecular complexity index is 771. The maximum absolute atomic E-state index is 12.8. The molecule has 0 radical (unpaired) electrons. The van der Waals surface area contributed by atoms with Crippen molar-refractivity contribution in [2.45, 2.75) is 26.3 Å². The van der Waals surface area contributed by atoms with Crippen molar-refractivity contribution in [2.24, 2.45) is 0 Å². The number of aromatic nitrogens is 2. The number of aryl methyl sites for hydroxylation is 1. The van der Waals surface area contributed by atoms with Crippen LogP contribution in [0.4, 0.5) is 5.82 Å². The summed E-state index contributed by atoms with van der Waals surface area (Å²) in [5.74, 6) is 0.745. The van der Waals surface area contributed by atoms with Crippen LogP contribution >= 0.6 is 0 Å². The van der Waals surface area contributed by atoms with Gasteiger partial charge >= 0.3 is 0 Å². The molecule has 1 aliphatic heterocycles. The second kappa shape index (κ2) is 8.62. The highest BCUT2D eigenvalue weighted by Gasteiger charge is 2.25. The molecular weight excluding hydrogens is 342 g/mol. The van der Waals surface area contributed by atoms with Gasteiger partial charge in [-0.1, -0.05) is 29.8 Å². The van der Waals surface area contributed by atoms with Crippen LogP contribution in [0, 0.1) is 6.92 Å². The number of amides is 2. The highest BCUT2D eigenvalue weighted by molar-refractivity contribution is 5.79. The van der Waals surface area contributed by atoms with E-state index in [4.69, 9.17) is 0 Å². The van der Waals surface area contributed by atoms with Crippen molar-refractivity contribution >= 4 is 17.6 Å². The summed E-state index contributed by atoms with van der Waals surface area (Å²) in [6.07, 6.45) is 5.32. The smallest absolute Gasteiger partial charge is 0.225 e. The molecule has 7 heteroatoms. The van der Waals surface area contributed by atoms with E-state index in [0.29, 0.717) is 13.1 Å². The average Bonchev–Trinajstić information content (AvgIpc) is 2.68. The number of hydrogen-bond donors (Lipinski definition) is 1. The number of anilines is 1. The van der Waals surface area contributed by atoms with Crippen molar-refractivity contribution in [3.05, 3.63) is 54.0 Å². The molecule has 0 spiro atoms. The fourth-order valence-electron chi connectivity index (χ4n) is 3.24. The van der Waals surface area contributed by atoms with Gasteiger partial charge in [-0.15, -0.1) is 0 Å². The molecule has 3 rings (SSSR count). The monoisotopic (exact) mass is 367 g/mol. The molecule has 0 aliphatic carbocycles. The molecule has 2 heterocycles. The molecular formula is C20H25N5O2. The maximum atomic E-state index is 12.8. The minimum absolute atomic E-state index is 0.0492. The van der Waals surface area contributed by atoms with Gasteiger partial charge in [0.2, 0.25) is 11.8 Å². The molecule has 0 bridgehead atoms. The third kappa shape index (κ3) is 5.03. The largest absolute Gasteiger partial charge is 0.352 e. The second-order valence-corrected chi connectivity index (χ2v) is 6.80. The van der Waals surface area contributed by atoms with Gasteiger partial charge in [0.1, 0.15) is 5.82 Å². The van der Waals surface area contributed by atoms with Crippen molar-refractivity contribution in [1.29, 1.82) is 0 Å². The van der Waals surface area contributed by atoms with Crippen LogP contribution in [-0.2, 0) is 9.59 Å². The summed E-state index contributed by atoms with van der Waals surface area (Å²) < 4.78 is 0. The molecule has 1 aromatic heterocycles. The number of nitrogens with one attached hydrogen (secondary N) is 1. The summed E-state index contributed by atoms with van der Waals surface area (Å²) in [4.78, 5) is 36.8. The summed E-state index contributed by atoms with van der Waals surface area (Å²) in [7, 11) is 0. The summed E-state index contributed by atoms with van der Waals surface area (Å²) >= 11 is 0. The molecule has 0 saturated carbocycles. The van der Waals surface area contributed by atoms with Gasteiger partial charge in [0.15, 0.2) is 0 Å². The Hall–Kier alpha value is -2.96. The zero-order chi connectivity index (χ0) is 19.2. The molecule has 1 unspecified atom stereocenters. The normalized spacial score (nSPS) is 15.3. The fraction of sp³-hybridized carbons (Fsp3) is 0.400. The quantitative estimate of drug-likeness (QED) is 0.870. The molecule has 2 aromatic rings. The summed E-state index contributed by atoms with van der Waals surface area (Å²) in [6, 6.07) is 7.61. The number of piperazine rings is 1. The van der Waals surface area contributed by atoms with Gasteiger partial charge in [0.05, 0.1) is 18.7 Å². The van der Waals surface area contributed by atoms with Crippen LogP contribution in [-0.4, -0.2) is 52.9 Å². The number of carbonyl (C=O) groups excluding carboxylic acids is 2. The number of benzene rings is 1. The molecule has 1 fully saturated rings. The highest BCUT2D eigenvalue weighted by atomic mass is 16.2. The van der Waals surface area contributed by atoms with Gasteiger partial charge in [-0.3, -0.25) is 14.6 Å². The first-order valence-corrected chi connectivity index (χ1v) is 9.15. The zero-order valence-corrected chi connectivity index (χ0v) is 15.8. The van der Waals surface area contributed by atoms with Crippen LogP contribution < -0.4 is 10.2 Å². The topological polar surface area (TPSA) is 78.4 Å². The van der Waals surface area contributed by atoms with Gasteiger partial charge in [-0.05, 0) is 12.5 Å². The molecule has 1 aliphatic rings.